The van der Waals surface area contributed by atoms with Crippen LogP contribution in [0.4, 0.5) is 0 Å². The van der Waals surface area contributed by atoms with Crippen molar-refractivity contribution in [2.75, 3.05) is 0 Å². The van der Waals surface area contributed by atoms with E-state index < -0.39 is 22.1 Å². The highest BCUT2D eigenvalue weighted by atomic mass is 35.5. The average Bonchev–Trinajstić information content (AvgIpc) is 2.47. The Morgan fingerprint density at radius 1 is 1.00 bits per heavy atom. The van der Waals surface area contributed by atoms with Gasteiger partial charge in [0.25, 0.3) is 0 Å². The van der Waals surface area contributed by atoms with Gasteiger partial charge in [-0.2, -0.15) is 0 Å². The van der Waals surface area contributed by atoms with Gasteiger partial charge in [0, 0.05) is 5.02 Å². The van der Waals surface area contributed by atoms with E-state index in [2.05, 4.69) is 0 Å². The molecule has 0 amide bonds. The summed E-state index contributed by atoms with van der Waals surface area (Å²) in [5.41, 5.74) is 10.3. The molecule has 2 unspecified atom stereocenters. The van der Waals surface area contributed by atoms with E-state index in [4.69, 9.17) is 17.3 Å². The van der Waals surface area contributed by atoms with Crippen LogP contribution < -0.4 is 27.6 Å². The molecule has 118 valence electrons. The summed E-state index contributed by atoms with van der Waals surface area (Å²) in [5, 5.41) is 10.1. The van der Waals surface area contributed by atoms with Gasteiger partial charge in [0.05, 0.1) is 5.54 Å². The highest BCUT2D eigenvalue weighted by Crippen LogP contribution is 2.55. The first-order chi connectivity index (χ1) is 10.7. The number of ketones is 1. The maximum Gasteiger partial charge on any atom is 0.183 e. The third kappa shape index (κ3) is 2.50. The molecule has 0 bridgehead atoms. The molecule has 0 heterocycles. The largest absolute Gasteiger partial charge is 0.386 e. The Labute approximate surface area is 156 Å². The molecule has 1 saturated carbocycles. The molecule has 0 radical (unpaired) electrons. The van der Waals surface area contributed by atoms with Gasteiger partial charge in [-0.15, -0.1) is 10.9 Å². The van der Waals surface area contributed by atoms with Crippen molar-refractivity contribution >= 4 is 102 Å². The number of aliphatic hydroxyl groups is 1. The van der Waals surface area contributed by atoms with Crippen molar-refractivity contribution in [3.05, 3.63) is 10.6 Å². The number of Topliss-reactive ketones (excluding diaryl/α,β-unsaturated/α-hetero) is 1. The number of carbonyl (C=O) groups is 1. The first-order valence-corrected chi connectivity index (χ1v) is 8.85. The fourth-order valence-corrected chi connectivity index (χ4v) is 4.91. The van der Waals surface area contributed by atoms with E-state index in [1.165, 1.54) is 0 Å². The van der Waals surface area contributed by atoms with E-state index in [0.29, 0.717) is 17.0 Å². The zero-order chi connectivity index (χ0) is 18.8. The van der Waals surface area contributed by atoms with Gasteiger partial charge in [-0.05, 0) is 5.56 Å². The Bertz CT molecular complexity index is 711. The smallest absolute Gasteiger partial charge is 0.183 e. The monoisotopic (exact) mass is 335 g/mol. The predicted octanol–water partition coefficient (Wildman–Crippen LogP) is -9.37. The first kappa shape index (κ1) is 19.9. The summed E-state index contributed by atoms with van der Waals surface area (Å²) in [5.74, 6) is -0.337. The molecule has 3 nitrogen and oxygen atoms in total. The Morgan fingerprint density at radius 2 is 1.46 bits per heavy atom. The molecule has 1 aromatic rings. The van der Waals surface area contributed by atoms with Crippen molar-refractivity contribution in [3.8, 4) is 0 Å². The molecule has 1 aromatic carbocycles. The van der Waals surface area contributed by atoms with Crippen molar-refractivity contribution < 1.29 is 9.90 Å². The van der Waals surface area contributed by atoms with Crippen molar-refractivity contribution in [2.45, 2.75) is 28.5 Å². The summed E-state index contributed by atoms with van der Waals surface area (Å²) in [6, 6.07) is 0. The van der Waals surface area contributed by atoms with Crippen LogP contribution in [0, 0.1) is 0 Å². The van der Waals surface area contributed by atoms with E-state index in [1.54, 1.807) is 0 Å². The standard InChI is InChI=1S/C12H22B8ClNO2/c13-3-2(7(21)6(16)5(15)4(3)14)12(22)9(24)8(23)10(17,18)1-11(12,19)20/h8,23H,1,13-20,22H2. The van der Waals surface area contributed by atoms with Gasteiger partial charge >= 0.3 is 0 Å². The fraction of sp³-hybridized carbons (Fsp3) is 0.417. The zero-order valence-electron chi connectivity index (χ0n) is 16.1. The quantitative estimate of drug-likeness (QED) is 0.502. The molecule has 1 fully saturated rings. The lowest BCUT2D eigenvalue weighted by Crippen LogP contribution is -2.68. The molecule has 1 aliphatic carbocycles. The van der Waals surface area contributed by atoms with Crippen LogP contribution in [0.15, 0.2) is 0 Å². The normalized spacial score (nSPS) is 28.6. The molecule has 0 aliphatic heterocycles. The van der Waals surface area contributed by atoms with Crippen LogP contribution in [-0.4, -0.2) is 79.8 Å². The average molecular weight is 334 g/mol. The lowest BCUT2D eigenvalue weighted by atomic mass is 9.29. The third-order valence-corrected chi connectivity index (χ3v) is 6.82. The Balaban J connectivity index is 2.87. The summed E-state index contributed by atoms with van der Waals surface area (Å²) in [6.45, 7) is 0. The SMILES string of the molecule is Bc1c(B)c(B)c(C2(N)C(=O)C(O)C(B)(B)CC2(B)B)c(Cl)c1B. The molecule has 12 heteroatoms. The summed E-state index contributed by atoms with van der Waals surface area (Å²) in [4.78, 5) is 13.3. The van der Waals surface area contributed by atoms with Crippen LogP contribution in [0.3, 0.4) is 0 Å². The summed E-state index contributed by atoms with van der Waals surface area (Å²) in [6.07, 6.45) is -0.474. The van der Waals surface area contributed by atoms with E-state index in [1.807, 2.05) is 62.8 Å². The lowest BCUT2D eigenvalue weighted by molar-refractivity contribution is -0.137. The molecule has 0 saturated heterocycles. The number of hydrogen-bond acceptors (Lipinski definition) is 3. The highest BCUT2D eigenvalue weighted by Gasteiger charge is 2.60. The van der Waals surface area contributed by atoms with Crippen LogP contribution in [0.2, 0.25) is 15.5 Å². The van der Waals surface area contributed by atoms with Crippen LogP contribution in [0.25, 0.3) is 0 Å². The number of aliphatic hydroxyl groups excluding tert-OH is 1. The molecule has 0 spiro atoms. The van der Waals surface area contributed by atoms with Crippen LogP contribution in [0.5, 0.6) is 0 Å². The van der Waals surface area contributed by atoms with E-state index in [9.17, 15) is 9.90 Å². The van der Waals surface area contributed by atoms with Crippen LogP contribution in [-0.2, 0) is 10.3 Å². The van der Waals surface area contributed by atoms with Crippen molar-refractivity contribution in [3.63, 3.8) is 0 Å². The van der Waals surface area contributed by atoms with Crippen LogP contribution >= 0.6 is 11.6 Å². The number of hydrogen-bond donors (Lipinski definition) is 2. The second-order valence-corrected chi connectivity index (χ2v) is 9.19. The molecule has 2 atom stereocenters. The first-order valence-electron chi connectivity index (χ1n) is 8.47. The van der Waals surface area contributed by atoms with Gasteiger partial charge in [-0.3, -0.25) is 4.79 Å². The summed E-state index contributed by atoms with van der Waals surface area (Å²) in [7, 11) is 15.8. The molecule has 1 aliphatic rings. The van der Waals surface area contributed by atoms with E-state index in [-0.39, 0.29) is 5.78 Å². The minimum atomic E-state index is -1.31. The van der Waals surface area contributed by atoms with Crippen molar-refractivity contribution in [1.29, 1.82) is 0 Å². The second kappa shape index (κ2) is 5.82. The molecule has 3 N–H and O–H groups in total. The van der Waals surface area contributed by atoms with Gasteiger partial charge in [-0.25, -0.2) is 0 Å². The number of carbonyl (C=O) groups excluding carboxylic acids is 1. The van der Waals surface area contributed by atoms with Gasteiger partial charge < -0.3 is 10.8 Å². The molecule has 0 aromatic heterocycles. The Hall–Kier alpha value is -0.381. The lowest BCUT2D eigenvalue weighted by Gasteiger charge is -2.55. The maximum atomic E-state index is 13.3. The van der Waals surface area contributed by atoms with Gasteiger partial charge in [0.15, 0.2) is 5.78 Å². The highest BCUT2D eigenvalue weighted by molar-refractivity contribution is 6.66. The minimum absolute atomic E-state index is 0.337. The van der Waals surface area contributed by atoms with Crippen molar-refractivity contribution in [2.24, 2.45) is 5.73 Å². The topological polar surface area (TPSA) is 63.3 Å². The van der Waals surface area contributed by atoms with Crippen molar-refractivity contribution in [1.82, 2.24) is 0 Å². The zero-order valence-corrected chi connectivity index (χ0v) is 16.9. The molecule has 2 rings (SSSR count). The number of nitrogens with two attached hydrogens (primary N) is 1. The Morgan fingerprint density at radius 3 is 1.96 bits per heavy atom. The van der Waals surface area contributed by atoms with Crippen LogP contribution in [0.1, 0.15) is 12.0 Å². The molecular formula is C12H22B8ClNO2. The van der Waals surface area contributed by atoms with Gasteiger partial charge in [0.2, 0.25) is 0 Å². The minimum Gasteiger partial charge on any atom is -0.386 e. The van der Waals surface area contributed by atoms with Gasteiger partial charge in [-0.1, -0.05) is 39.4 Å². The summed E-state index contributed by atoms with van der Waals surface area (Å²) < 4.78 is 0. The fourth-order valence-electron chi connectivity index (χ4n) is 4.48. The molecular weight excluding hydrogens is 312 g/mol. The predicted molar refractivity (Wildman–Crippen MR) is 125 cm³/mol. The number of benzene rings is 1. The Kier molecular flexibility index (Phi) is 4.84. The summed E-state index contributed by atoms with van der Waals surface area (Å²) >= 11 is 6.70. The maximum absolute atomic E-state index is 13.3. The number of halogens is 1. The third-order valence-electron chi connectivity index (χ3n) is 6.35. The van der Waals surface area contributed by atoms with Gasteiger partial charge in [0.1, 0.15) is 68.9 Å². The number of rotatable bonds is 1. The molecule has 24 heavy (non-hydrogen) atoms. The second-order valence-electron chi connectivity index (χ2n) is 8.81. The van der Waals surface area contributed by atoms with E-state index in [0.717, 1.165) is 21.9 Å². The van der Waals surface area contributed by atoms with E-state index >= 15 is 0 Å².